The maximum Gasteiger partial charge on any atom is 0.265 e. The minimum absolute atomic E-state index is 0.00587. The Hall–Kier alpha value is -3.33. The monoisotopic (exact) mass is 487 g/mol. The largest absolute Gasteiger partial charge is 0.363 e. The number of amides is 1. The van der Waals surface area contributed by atoms with Crippen LogP contribution in [-0.4, -0.2) is 38.4 Å². The zero-order valence-corrected chi connectivity index (χ0v) is 19.7. The Labute approximate surface area is 200 Å². The van der Waals surface area contributed by atoms with Crippen molar-refractivity contribution >= 4 is 39.9 Å². The van der Waals surface area contributed by atoms with Crippen molar-refractivity contribution in [2.45, 2.75) is 32.7 Å². The van der Waals surface area contributed by atoms with E-state index in [0.29, 0.717) is 47.5 Å². The van der Waals surface area contributed by atoms with Gasteiger partial charge in [-0.15, -0.1) is 0 Å². The average Bonchev–Trinajstić information content (AvgIpc) is 2.81. The number of hydrogen-bond donors (Lipinski definition) is 1. The standard InChI is InChI=1S/C24H24ClF2N5O2/c1-13(16-5-4-6-17(20(16)25)21(26)27)30-22-19-11-18(15-7-9-32(10-8-15)14(2)33)24(34)31(3)23(19)29-12-28-22/h4-7,11-13,21H,8-10H2,1-3H3,(H,28,29,30)/t13-/m1/s1. The van der Waals surface area contributed by atoms with Crippen LogP contribution in [0.4, 0.5) is 14.6 Å². The summed E-state index contributed by atoms with van der Waals surface area (Å²) in [6.07, 6.45) is 1.11. The Morgan fingerprint density at radius 3 is 2.62 bits per heavy atom. The number of aromatic nitrogens is 3. The third kappa shape index (κ3) is 4.40. The predicted molar refractivity (Wildman–Crippen MR) is 128 cm³/mol. The van der Waals surface area contributed by atoms with Crippen LogP contribution in [0.2, 0.25) is 5.02 Å². The van der Waals surface area contributed by atoms with Crippen molar-refractivity contribution in [1.82, 2.24) is 19.4 Å². The minimum Gasteiger partial charge on any atom is -0.363 e. The predicted octanol–water partition coefficient (Wildman–Crippen LogP) is 4.73. The van der Waals surface area contributed by atoms with E-state index < -0.39 is 12.5 Å². The summed E-state index contributed by atoms with van der Waals surface area (Å²) in [5.74, 6) is 0.444. The van der Waals surface area contributed by atoms with E-state index in [4.69, 9.17) is 11.6 Å². The lowest BCUT2D eigenvalue weighted by molar-refractivity contribution is -0.128. The van der Waals surface area contributed by atoms with Gasteiger partial charge in [-0.3, -0.25) is 14.2 Å². The number of fused-ring (bicyclic) bond motifs is 1. The van der Waals surface area contributed by atoms with Crippen LogP contribution in [0.3, 0.4) is 0 Å². The van der Waals surface area contributed by atoms with E-state index in [9.17, 15) is 18.4 Å². The highest BCUT2D eigenvalue weighted by Crippen LogP contribution is 2.34. The molecule has 0 spiro atoms. The lowest BCUT2D eigenvalue weighted by Gasteiger charge is -2.25. The summed E-state index contributed by atoms with van der Waals surface area (Å²) < 4.78 is 28.1. The Kier molecular flexibility index (Phi) is 6.65. The van der Waals surface area contributed by atoms with Crippen molar-refractivity contribution in [2.24, 2.45) is 7.05 Å². The second-order valence-corrected chi connectivity index (χ2v) is 8.62. The van der Waals surface area contributed by atoms with Gasteiger partial charge in [-0.2, -0.15) is 0 Å². The summed E-state index contributed by atoms with van der Waals surface area (Å²) >= 11 is 6.26. The van der Waals surface area contributed by atoms with Crippen molar-refractivity contribution in [1.29, 1.82) is 0 Å². The number of anilines is 1. The molecule has 0 saturated heterocycles. The molecule has 1 amide bonds. The minimum atomic E-state index is -2.68. The molecular formula is C24H24ClF2N5O2. The molecule has 10 heteroatoms. The number of nitrogens with zero attached hydrogens (tertiary/aromatic N) is 4. The number of aryl methyl sites for hydroxylation is 1. The van der Waals surface area contributed by atoms with Crippen LogP contribution in [0, 0.1) is 0 Å². The summed E-state index contributed by atoms with van der Waals surface area (Å²) in [6.45, 7) is 4.30. The van der Waals surface area contributed by atoms with Crippen LogP contribution < -0.4 is 10.9 Å². The molecule has 0 aliphatic carbocycles. The van der Waals surface area contributed by atoms with Gasteiger partial charge in [0.2, 0.25) is 5.91 Å². The van der Waals surface area contributed by atoms with Crippen LogP contribution in [0.5, 0.6) is 0 Å². The molecule has 1 aromatic carbocycles. The zero-order valence-electron chi connectivity index (χ0n) is 19.0. The molecule has 3 heterocycles. The molecule has 1 aliphatic rings. The zero-order chi connectivity index (χ0) is 24.6. The first-order valence-corrected chi connectivity index (χ1v) is 11.2. The van der Waals surface area contributed by atoms with Crippen molar-refractivity contribution in [3.8, 4) is 0 Å². The van der Waals surface area contributed by atoms with E-state index in [1.807, 2.05) is 6.08 Å². The van der Waals surface area contributed by atoms with Crippen LogP contribution in [-0.2, 0) is 11.8 Å². The van der Waals surface area contributed by atoms with E-state index in [2.05, 4.69) is 15.3 Å². The van der Waals surface area contributed by atoms with E-state index in [1.54, 1.807) is 37.1 Å². The van der Waals surface area contributed by atoms with Crippen LogP contribution in [0.15, 0.2) is 41.5 Å². The molecule has 1 aliphatic heterocycles. The van der Waals surface area contributed by atoms with Crippen LogP contribution in [0.25, 0.3) is 16.6 Å². The first kappa shape index (κ1) is 23.8. The van der Waals surface area contributed by atoms with Gasteiger partial charge in [-0.1, -0.05) is 35.9 Å². The molecule has 2 aromatic heterocycles. The van der Waals surface area contributed by atoms with Crippen molar-refractivity contribution in [3.63, 3.8) is 0 Å². The number of rotatable bonds is 5. The molecule has 34 heavy (non-hydrogen) atoms. The highest BCUT2D eigenvalue weighted by molar-refractivity contribution is 6.32. The summed E-state index contributed by atoms with van der Waals surface area (Å²) in [5, 5.41) is 3.86. The van der Waals surface area contributed by atoms with E-state index in [0.717, 1.165) is 5.57 Å². The Morgan fingerprint density at radius 2 is 1.97 bits per heavy atom. The highest BCUT2D eigenvalue weighted by atomic mass is 35.5. The molecule has 4 rings (SSSR count). The molecule has 0 bridgehead atoms. The van der Waals surface area contributed by atoms with Gasteiger partial charge in [-0.05, 0) is 30.5 Å². The highest BCUT2D eigenvalue weighted by Gasteiger charge is 2.21. The second kappa shape index (κ2) is 9.50. The van der Waals surface area contributed by atoms with Gasteiger partial charge >= 0.3 is 0 Å². The molecular weight excluding hydrogens is 464 g/mol. The maximum absolute atomic E-state index is 13.3. The first-order valence-electron chi connectivity index (χ1n) is 10.8. The average molecular weight is 488 g/mol. The SMILES string of the molecule is CC(=O)N1CC=C(c2cc3c(N[C@H](C)c4cccc(C(F)F)c4Cl)ncnc3n(C)c2=O)CC1. The number of benzene rings is 1. The Bertz CT molecular complexity index is 1360. The Morgan fingerprint density at radius 1 is 1.24 bits per heavy atom. The fraction of sp³-hybridized carbons (Fsp3) is 0.333. The van der Waals surface area contributed by atoms with Crippen LogP contribution >= 0.6 is 11.6 Å². The number of nitrogens with one attached hydrogen (secondary N) is 1. The number of pyridine rings is 1. The molecule has 3 aromatic rings. The quantitative estimate of drug-likeness (QED) is 0.563. The van der Waals surface area contributed by atoms with Crippen molar-refractivity contribution < 1.29 is 13.6 Å². The van der Waals surface area contributed by atoms with Gasteiger partial charge < -0.3 is 10.2 Å². The first-order chi connectivity index (χ1) is 16.2. The van der Waals surface area contributed by atoms with Crippen LogP contribution in [0.1, 0.15) is 49.4 Å². The number of carbonyl (C=O) groups excluding carboxylic acids is 1. The topological polar surface area (TPSA) is 80.1 Å². The van der Waals surface area contributed by atoms with Gasteiger partial charge in [0.25, 0.3) is 12.0 Å². The van der Waals surface area contributed by atoms with Gasteiger partial charge in [0.1, 0.15) is 17.8 Å². The lowest BCUT2D eigenvalue weighted by atomic mass is 9.99. The normalized spacial score (nSPS) is 14.9. The molecule has 0 radical (unpaired) electrons. The number of carbonyl (C=O) groups is 1. The summed E-state index contributed by atoms with van der Waals surface area (Å²) in [5.41, 5.74) is 1.90. The van der Waals surface area contributed by atoms with Gasteiger partial charge in [0.15, 0.2) is 0 Å². The van der Waals surface area contributed by atoms with E-state index in [-0.39, 0.29) is 22.1 Å². The van der Waals surface area contributed by atoms with Gasteiger partial charge in [0.05, 0.1) is 16.5 Å². The molecule has 0 fully saturated rings. The number of alkyl halides is 2. The molecule has 0 saturated carbocycles. The van der Waals surface area contributed by atoms with Crippen molar-refractivity contribution in [2.75, 3.05) is 18.4 Å². The molecule has 0 unspecified atom stereocenters. The van der Waals surface area contributed by atoms with Crippen molar-refractivity contribution in [3.05, 3.63) is 68.7 Å². The second-order valence-electron chi connectivity index (χ2n) is 8.24. The fourth-order valence-corrected chi connectivity index (χ4v) is 4.54. The van der Waals surface area contributed by atoms with E-state index >= 15 is 0 Å². The van der Waals surface area contributed by atoms with Gasteiger partial charge in [0, 0.05) is 38.2 Å². The number of halogens is 3. The van der Waals surface area contributed by atoms with Gasteiger partial charge in [-0.25, -0.2) is 18.7 Å². The molecule has 1 N–H and O–H groups in total. The summed E-state index contributed by atoms with van der Waals surface area (Å²) in [4.78, 5) is 35.0. The molecule has 178 valence electrons. The lowest BCUT2D eigenvalue weighted by Crippen LogP contribution is -2.33. The molecule has 1 atom stereocenters. The summed E-state index contributed by atoms with van der Waals surface area (Å²) in [7, 11) is 1.64. The summed E-state index contributed by atoms with van der Waals surface area (Å²) in [6, 6.07) is 5.84. The fourth-order valence-electron chi connectivity index (χ4n) is 4.17. The van der Waals surface area contributed by atoms with E-state index in [1.165, 1.54) is 23.9 Å². The smallest absolute Gasteiger partial charge is 0.265 e. The molecule has 7 nitrogen and oxygen atoms in total. The Balaban J connectivity index is 1.75. The number of hydrogen-bond acceptors (Lipinski definition) is 5. The maximum atomic E-state index is 13.3. The third-order valence-electron chi connectivity index (χ3n) is 6.12. The third-order valence-corrected chi connectivity index (χ3v) is 6.55.